The summed E-state index contributed by atoms with van der Waals surface area (Å²) in [5, 5.41) is 12.8. The molecule has 1 saturated heterocycles. The van der Waals surface area contributed by atoms with Crippen molar-refractivity contribution in [2.45, 2.75) is 26.2 Å². The van der Waals surface area contributed by atoms with Crippen molar-refractivity contribution in [3.8, 4) is 0 Å². The third-order valence-electron chi connectivity index (χ3n) is 4.60. The van der Waals surface area contributed by atoms with E-state index in [2.05, 4.69) is 39.6 Å². The molecule has 124 valence electrons. The average Bonchev–Trinajstić information content (AvgIpc) is 3.18. The van der Waals surface area contributed by atoms with Gasteiger partial charge in [-0.3, -0.25) is 4.79 Å². The maximum atomic E-state index is 12.7. The molecular formula is C17H19N5OS. The summed E-state index contributed by atoms with van der Waals surface area (Å²) >= 11 is 1.31. The van der Waals surface area contributed by atoms with Gasteiger partial charge in [0.15, 0.2) is 5.82 Å². The Labute approximate surface area is 144 Å². The molecular weight excluding hydrogens is 322 g/mol. The number of aromatic nitrogens is 4. The van der Waals surface area contributed by atoms with Crippen LogP contribution >= 0.6 is 11.3 Å². The largest absolute Gasteiger partial charge is 0.337 e. The molecule has 2 aromatic heterocycles. The summed E-state index contributed by atoms with van der Waals surface area (Å²) in [5.74, 6) is 1.38. The fraction of sp³-hybridized carbons (Fsp3) is 0.412. The summed E-state index contributed by atoms with van der Waals surface area (Å²) in [6.45, 7) is 3.44. The van der Waals surface area contributed by atoms with E-state index in [1.807, 2.05) is 17.9 Å². The van der Waals surface area contributed by atoms with Gasteiger partial charge in [-0.05, 0) is 37.7 Å². The standard InChI is InChI=1S/C17H19N5OS/c1-12-18-19-17-22(12)20-15(24-17)16(23)21-9-7-14(8-10-21)11-13-5-3-2-4-6-13/h2-6,14H,7-11H2,1H3. The number of carbonyl (C=O) groups excluding carboxylic acids is 1. The molecule has 1 fully saturated rings. The smallest absolute Gasteiger partial charge is 0.284 e. The molecule has 1 aliphatic rings. The van der Waals surface area contributed by atoms with E-state index in [-0.39, 0.29) is 5.91 Å². The van der Waals surface area contributed by atoms with Crippen LogP contribution in [0.15, 0.2) is 30.3 Å². The van der Waals surface area contributed by atoms with Crippen LogP contribution in [0.2, 0.25) is 0 Å². The third-order valence-corrected chi connectivity index (χ3v) is 5.49. The Balaban J connectivity index is 1.39. The molecule has 0 spiro atoms. The van der Waals surface area contributed by atoms with Gasteiger partial charge in [-0.15, -0.1) is 15.3 Å². The molecule has 1 aliphatic heterocycles. The minimum Gasteiger partial charge on any atom is -0.337 e. The van der Waals surface area contributed by atoms with Crippen LogP contribution in [-0.4, -0.2) is 43.7 Å². The van der Waals surface area contributed by atoms with Crippen LogP contribution < -0.4 is 0 Å². The maximum absolute atomic E-state index is 12.7. The van der Waals surface area contributed by atoms with Crippen LogP contribution in [0.25, 0.3) is 4.96 Å². The van der Waals surface area contributed by atoms with Gasteiger partial charge in [0.25, 0.3) is 5.91 Å². The van der Waals surface area contributed by atoms with Gasteiger partial charge in [0.2, 0.25) is 9.97 Å². The monoisotopic (exact) mass is 341 g/mol. The molecule has 0 N–H and O–H groups in total. The molecule has 0 bridgehead atoms. The Morgan fingerprint density at radius 3 is 2.67 bits per heavy atom. The van der Waals surface area contributed by atoms with Gasteiger partial charge in [0.05, 0.1) is 0 Å². The second-order valence-corrected chi connectivity index (χ2v) is 7.23. The Kier molecular flexibility index (Phi) is 4.02. The summed E-state index contributed by atoms with van der Waals surface area (Å²) < 4.78 is 1.64. The normalized spacial score (nSPS) is 16.0. The molecule has 0 aliphatic carbocycles. The van der Waals surface area contributed by atoms with E-state index in [1.165, 1.54) is 16.9 Å². The van der Waals surface area contributed by atoms with E-state index in [4.69, 9.17) is 0 Å². The van der Waals surface area contributed by atoms with Gasteiger partial charge >= 0.3 is 0 Å². The van der Waals surface area contributed by atoms with Crippen molar-refractivity contribution in [3.63, 3.8) is 0 Å². The van der Waals surface area contributed by atoms with Crippen molar-refractivity contribution in [1.82, 2.24) is 24.7 Å². The van der Waals surface area contributed by atoms with E-state index in [0.717, 1.165) is 32.4 Å². The number of piperidine rings is 1. The molecule has 3 aromatic rings. The average molecular weight is 341 g/mol. The predicted octanol–water partition coefficient (Wildman–Crippen LogP) is 2.59. The van der Waals surface area contributed by atoms with E-state index in [1.54, 1.807) is 4.52 Å². The van der Waals surface area contributed by atoms with Crippen molar-refractivity contribution in [1.29, 1.82) is 0 Å². The van der Waals surface area contributed by atoms with Gasteiger partial charge < -0.3 is 4.90 Å². The second kappa shape index (κ2) is 6.32. The van der Waals surface area contributed by atoms with Gasteiger partial charge in [-0.2, -0.15) is 4.52 Å². The lowest BCUT2D eigenvalue weighted by molar-refractivity contribution is 0.0689. The number of amides is 1. The lowest BCUT2D eigenvalue weighted by atomic mass is 9.90. The van der Waals surface area contributed by atoms with Gasteiger partial charge in [-0.25, -0.2) is 0 Å². The quantitative estimate of drug-likeness (QED) is 0.734. The zero-order valence-corrected chi connectivity index (χ0v) is 14.4. The first-order valence-corrected chi connectivity index (χ1v) is 9.04. The fourth-order valence-corrected chi connectivity index (χ4v) is 4.08. The zero-order chi connectivity index (χ0) is 16.5. The molecule has 0 saturated carbocycles. The van der Waals surface area contributed by atoms with Crippen LogP contribution in [0.1, 0.15) is 34.0 Å². The van der Waals surface area contributed by atoms with Crippen LogP contribution in [0.4, 0.5) is 0 Å². The number of hydrogen-bond donors (Lipinski definition) is 0. The predicted molar refractivity (Wildman–Crippen MR) is 92.2 cm³/mol. The van der Waals surface area contributed by atoms with Crippen LogP contribution in [-0.2, 0) is 6.42 Å². The highest BCUT2D eigenvalue weighted by Gasteiger charge is 2.26. The zero-order valence-electron chi connectivity index (χ0n) is 13.6. The Bertz CT molecular complexity index is 848. The molecule has 0 radical (unpaired) electrons. The first kappa shape index (κ1) is 15.3. The highest BCUT2D eigenvalue weighted by Crippen LogP contribution is 2.24. The van der Waals surface area contributed by atoms with Crippen molar-refractivity contribution >= 4 is 22.2 Å². The number of rotatable bonds is 3. The first-order chi connectivity index (χ1) is 11.7. The molecule has 7 heteroatoms. The highest BCUT2D eigenvalue weighted by atomic mass is 32.1. The first-order valence-electron chi connectivity index (χ1n) is 8.23. The van der Waals surface area contributed by atoms with Crippen molar-refractivity contribution in [3.05, 3.63) is 46.7 Å². The number of aryl methyl sites for hydroxylation is 1. The second-order valence-electron chi connectivity index (χ2n) is 6.27. The number of benzene rings is 1. The molecule has 0 atom stereocenters. The molecule has 3 heterocycles. The fourth-order valence-electron chi connectivity index (χ4n) is 3.22. The Morgan fingerprint density at radius 2 is 1.96 bits per heavy atom. The van der Waals surface area contributed by atoms with E-state index in [0.29, 0.717) is 21.7 Å². The molecule has 1 amide bonds. The number of fused-ring (bicyclic) bond motifs is 1. The van der Waals surface area contributed by atoms with E-state index < -0.39 is 0 Å². The topological polar surface area (TPSA) is 63.4 Å². The number of carbonyl (C=O) groups is 1. The van der Waals surface area contributed by atoms with Crippen molar-refractivity contribution in [2.75, 3.05) is 13.1 Å². The molecule has 4 rings (SSSR count). The number of nitrogens with zero attached hydrogens (tertiary/aromatic N) is 5. The summed E-state index contributed by atoms with van der Waals surface area (Å²) in [5.41, 5.74) is 1.38. The van der Waals surface area contributed by atoms with Gasteiger partial charge in [-0.1, -0.05) is 41.7 Å². The van der Waals surface area contributed by atoms with E-state index in [9.17, 15) is 4.79 Å². The minimum atomic E-state index is 0.0167. The summed E-state index contributed by atoms with van der Waals surface area (Å²) in [4.78, 5) is 15.3. The van der Waals surface area contributed by atoms with Gasteiger partial charge in [0.1, 0.15) is 0 Å². The van der Waals surface area contributed by atoms with E-state index >= 15 is 0 Å². The summed E-state index contributed by atoms with van der Waals surface area (Å²) in [6, 6.07) is 10.6. The summed E-state index contributed by atoms with van der Waals surface area (Å²) in [6.07, 6.45) is 3.19. The lowest BCUT2D eigenvalue weighted by Crippen LogP contribution is -2.38. The highest BCUT2D eigenvalue weighted by molar-refractivity contribution is 7.18. The van der Waals surface area contributed by atoms with Crippen LogP contribution in [0.3, 0.4) is 0 Å². The SMILES string of the molecule is Cc1nnc2sc(C(=O)N3CCC(Cc4ccccc4)CC3)nn12. The molecule has 0 unspecified atom stereocenters. The Hall–Kier alpha value is -2.28. The summed E-state index contributed by atoms with van der Waals surface area (Å²) in [7, 11) is 0. The van der Waals surface area contributed by atoms with Crippen LogP contribution in [0.5, 0.6) is 0 Å². The van der Waals surface area contributed by atoms with Gasteiger partial charge in [0, 0.05) is 13.1 Å². The number of hydrogen-bond acceptors (Lipinski definition) is 5. The van der Waals surface area contributed by atoms with Crippen molar-refractivity contribution < 1.29 is 4.79 Å². The maximum Gasteiger partial charge on any atom is 0.284 e. The number of likely N-dealkylation sites (tertiary alicyclic amines) is 1. The third kappa shape index (κ3) is 2.91. The molecule has 1 aromatic carbocycles. The minimum absolute atomic E-state index is 0.0167. The molecule has 24 heavy (non-hydrogen) atoms. The molecule has 6 nitrogen and oxygen atoms in total. The lowest BCUT2D eigenvalue weighted by Gasteiger charge is -2.31. The Morgan fingerprint density at radius 1 is 1.21 bits per heavy atom. The van der Waals surface area contributed by atoms with Crippen LogP contribution in [0, 0.1) is 12.8 Å². The van der Waals surface area contributed by atoms with Crippen molar-refractivity contribution in [2.24, 2.45) is 5.92 Å².